The molecule has 8 nitrogen and oxygen atoms in total. The maximum Gasteiger partial charge on any atom is 0.417 e. The van der Waals surface area contributed by atoms with Crippen LogP contribution in [0.25, 0.3) is 6.08 Å². The van der Waals surface area contributed by atoms with Crippen molar-refractivity contribution in [3.05, 3.63) is 52.6 Å². The minimum absolute atomic E-state index is 0.0508. The summed E-state index contributed by atoms with van der Waals surface area (Å²) in [6.45, 7) is 0.750. The van der Waals surface area contributed by atoms with Gasteiger partial charge in [-0.2, -0.15) is 13.2 Å². The molecule has 1 aromatic heterocycles. The van der Waals surface area contributed by atoms with Gasteiger partial charge in [0.25, 0.3) is 12.3 Å². The molecular formula is C24H25F6N5O3. The van der Waals surface area contributed by atoms with Crippen molar-refractivity contribution in [3.8, 4) is 0 Å². The smallest absolute Gasteiger partial charge is 0.380 e. The van der Waals surface area contributed by atoms with Gasteiger partial charge >= 0.3 is 6.18 Å². The van der Waals surface area contributed by atoms with Crippen LogP contribution < -0.4 is 10.2 Å². The second-order valence-electron chi connectivity index (χ2n) is 9.28. The Labute approximate surface area is 213 Å². The molecule has 0 aliphatic carbocycles. The third-order valence-electron chi connectivity index (χ3n) is 6.91. The van der Waals surface area contributed by atoms with Crippen molar-refractivity contribution in [3.63, 3.8) is 0 Å². The SMILES string of the molecule is C[C@@H](Nc1ncnc2c1C=C(C(=O)N1CCC(O)(C(F)(F)F)CC1)C(O)N2C)c1cccc(C(F)F)c1F. The first kappa shape index (κ1) is 27.6. The highest BCUT2D eigenvalue weighted by molar-refractivity contribution is 6.02. The Morgan fingerprint density at radius 1 is 1.18 bits per heavy atom. The van der Waals surface area contributed by atoms with Gasteiger partial charge in [-0.15, -0.1) is 0 Å². The zero-order chi connectivity index (χ0) is 28.0. The van der Waals surface area contributed by atoms with Crippen molar-refractivity contribution in [1.82, 2.24) is 14.9 Å². The normalized spacial score (nSPS) is 20.2. The van der Waals surface area contributed by atoms with Gasteiger partial charge in [0.1, 0.15) is 23.8 Å². The van der Waals surface area contributed by atoms with E-state index in [1.54, 1.807) is 0 Å². The average molecular weight is 545 g/mol. The van der Waals surface area contributed by atoms with Crippen LogP contribution in [0.15, 0.2) is 30.1 Å². The summed E-state index contributed by atoms with van der Waals surface area (Å²) in [6, 6.07) is 2.77. The van der Waals surface area contributed by atoms with Gasteiger partial charge in [-0.1, -0.05) is 18.2 Å². The number of carbonyl (C=O) groups excluding carboxylic acids is 1. The number of piperidine rings is 1. The number of halogens is 6. The van der Waals surface area contributed by atoms with Gasteiger partial charge in [0.05, 0.1) is 22.7 Å². The summed E-state index contributed by atoms with van der Waals surface area (Å²) in [5.74, 6) is -1.50. The summed E-state index contributed by atoms with van der Waals surface area (Å²) in [5.41, 5.74) is -3.65. The van der Waals surface area contributed by atoms with E-state index in [2.05, 4.69) is 15.3 Å². The van der Waals surface area contributed by atoms with Crippen LogP contribution in [0.5, 0.6) is 0 Å². The number of amides is 1. The molecule has 3 N–H and O–H groups in total. The molecule has 2 aliphatic rings. The summed E-state index contributed by atoms with van der Waals surface area (Å²) >= 11 is 0. The number of nitrogens with zero attached hydrogens (tertiary/aromatic N) is 4. The maximum atomic E-state index is 14.7. The fourth-order valence-corrected chi connectivity index (χ4v) is 4.54. The number of aliphatic hydroxyl groups excluding tert-OH is 1. The number of fused-ring (bicyclic) bond motifs is 1. The third-order valence-corrected chi connectivity index (χ3v) is 6.91. The van der Waals surface area contributed by atoms with E-state index in [-0.39, 0.29) is 41.4 Å². The van der Waals surface area contributed by atoms with Crippen molar-refractivity contribution in [1.29, 1.82) is 0 Å². The van der Waals surface area contributed by atoms with Crippen LogP contribution in [-0.4, -0.2) is 69.1 Å². The van der Waals surface area contributed by atoms with E-state index in [4.69, 9.17) is 0 Å². The predicted molar refractivity (Wildman–Crippen MR) is 125 cm³/mol. The maximum absolute atomic E-state index is 14.7. The summed E-state index contributed by atoms with van der Waals surface area (Å²) in [4.78, 5) is 23.8. The van der Waals surface area contributed by atoms with Gasteiger partial charge in [-0.3, -0.25) is 4.79 Å². The number of aromatic nitrogens is 2. The van der Waals surface area contributed by atoms with E-state index >= 15 is 0 Å². The largest absolute Gasteiger partial charge is 0.417 e. The summed E-state index contributed by atoms with van der Waals surface area (Å²) < 4.78 is 80.4. The van der Waals surface area contributed by atoms with Crippen molar-refractivity contribution < 1.29 is 41.4 Å². The average Bonchev–Trinajstić information content (AvgIpc) is 2.85. The summed E-state index contributed by atoms with van der Waals surface area (Å²) in [5, 5.41) is 23.6. The molecule has 1 amide bonds. The lowest BCUT2D eigenvalue weighted by Crippen LogP contribution is -2.55. The minimum atomic E-state index is -4.84. The topological polar surface area (TPSA) is 102 Å². The number of nitrogens with one attached hydrogen (secondary N) is 1. The molecule has 2 atom stereocenters. The molecule has 4 rings (SSSR count). The summed E-state index contributed by atoms with van der Waals surface area (Å²) in [6.07, 6.45) is -8.32. The van der Waals surface area contributed by atoms with Crippen molar-refractivity contribution in [2.75, 3.05) is 30.4 Å². The second-order valence-corrected chi connectivity index (χ2v) is 9.28. The van der Waals surface area contributed by atoms with E-state index in [0.29, 0.717) is 0 Å². The van der Waals surface area contributed by atoms with Crippen LogP contribution in [0.4, 0.5) is 38.0 Å². The van der Waals surface area contributed by atoms with Crippen LogP contribution in [0.3, 0.4) is 0 Å². The molecule has 0 radical (unpaired) electrons. The molecular weight excluding hydrogens is 520 g/mol. The van der Waals surface area contributed by atoms with Crippen LogP contribution in [0.1, 0.15) is 48.9 Å². The van der Waals surface area contributed by atoms with Crippen molar-refractivity contribution in [2.45, 2.75) is 50.2 Å². The molecule has 0 saturated carbocycles. The zero-order valence-corrected chi connectivity index (χ0v) is 20.3. The Bertz CT molecular complexity index is 1250. The van der Waals surface area contributed by atoms with Crippen LogP contribution in [0.2, 0.25) is 0 Å². The molecule has 38 heavy (non-hydrogen) atoms. The fraction of sp³-hybridized carbons (Fsp3) is 0.458. The number of rotatable bonds is 5. The lowest BCUT2D eigenvalue weighted by atomic mass is 9.90. The fourth-order valence-electron chi connectivity index (χ4n) is 4.54. The van der Waals surface area contributed by atoms with Gasteiger partial charge in [0, 0.05) is 38.5 Å². The van der Waals surface area contributed by atoms with Crippen LogP contribution >= 0.6 is 0 Å². The molecule has 2 aliphatic heterocycles. The van der Waals surface area contributed by atoms with Crippen LogP contribution in [-0.2, 0) is 4.79 Å². The Hall–Kier alpha value is -3.39. The quantitative estimate of drug-likeness (QED) is 0.492. The first-order valence-electron chi connectivity index (χ1n) is 11.6. The molecule has 1 aromatic carbocycles. The number of likely N-dealkylation sites (tertiary alicyclic amines) is 1. The lowest BCUT2D eigenvalue weighted by Gasteiger charge is -2.40. The first-order chi connectivity index (χ1) is 17.7. The van der Waals surface area contributed by atoms with Crippen molar-refractivity contribution >= 4 is 23.6 Å². The summed E-state index contributed by atoms with van der Waals surface area (Å²) in [7, 11) is 1.44. The van der Waals surface area contributed by atoms with Crippen molar-refractivity contribution in [2.24, 2.45) is 0 Å². The third kappa shape index (κ3) is 4.89. The molecule has 0 spiro atoms. The molecule has 1 fully saturated rings. The molecule has 206 valence electrons. The van der Waals surface area contributed by atoms with E-state index in [0.717, 1.165) is 17.3 Å². The molecule has 1 unspecified atom stereocenters. The Morgan fingerprint density at radius 3 is 2.42 bits per heavy atom. The van der Waals surface area contributed by atoms with Gasteiger partial charge in [-0.25, -0.2) is 23.1 Å². The Morgan fingerprint density at radius 2 is 1.82 bits per heavy atom. The Kier molecular flexibility index (Phi) is 7.32. The molecule has 2 aromatic rings. The number of benzene rings is 1. The highest BCUT2D eigenvalue weighted by Crippen LogP contribution is 2.40. The molecule has 14 heteroatoms. The molecule has 0 bridgehead atoms. The lowest BCUT2D eigenvalue weighted by molar-refractivity contribution is -0.272. The van der Waals surface area contributed by atoms with E-state index < -0.39 is 60.6 Å². The van der Waals surface area contributed by atoms with Gasteiger partial charge < -0.3 is 25.3 Å². The number of hydrogen-bond acceptors (Lipinski definition) is 7. The monoisotopic (exact) mass is 545 g/mol. The van der Waals surface area contributed by atoms with Gasteiger partial charge in [0.15, 0.2) is 11.8 Å². The van der Waals surface area contributed by atoms with E-state index in [1.807, 2.05) is 0 Å². The van der Waals surface area contributed by atoms with Gasteiger partial charge in [-0.05, 0) is 13.0 Å². The highest BCUT2D eigenvalue weighted by atomic mass is 19.4. The number of likely N-dealkylation sites (N-methyl/N-ethyl adjacent to an activating group) is 1. The predicted octanol–water partition coefficient (Wildman–Crippen LogP) is 3.79. The Balaban J connectivity index is 1.62. The van der Waals surface area contributed by atoms with Crippen LogP contribution in [0, 0.1) is 5.82 Å². The van der Waals surface area contributed by atoms with E-state index in [1.165, 1.54) is 37.1 Å². The number of aliphatic hydroxyl groups is 2. The minimum Gasteiger partial charge on any atom is -0.380 e. The number of carbonyl (C=O) groups is 1. The number of alkyl halides is 5. The standard InChI is InChI=1S/C24H25F6N5O3/c1-12(13-4-3-5-14(17(13)25)18(26)27)33-19-15-10-16(21(36)34(2)20(15)32-11-31-19)22(37)35-8-6-23(38,7-9-35)24(28,29)30/h3-5,10-12,18,21,36,38H,6-9H2,1-2H3,(H,31,32,33)/t12-,21?/m1/s1. The highest BCUT2D eigenvalue weighted by Gasteiger charge is 2.55. The zero-order valence-electron chi connectivity index (χ0n) is 20.3. The first-order valence-corrected chi connectivity index (χ1v) is 11.6. The number of anilines is 2. The van der Waals surface area contributed by atoms with Gasteiger partial charge in [0.2, 0.25) is 0 Å². The molecule has 3 heterocycles. The molecule has 1 saturated heterocycles. The number of hydrogen-bond donors (Lipinski definition) is 3. The van der Waals surface area contributed by atoms with E-state index in [9.17, 15) is 41.4 Å². The second kappa shape index (κ2) is 10.1.